The van der Waals surface area contributed by atoms with Crippen LogP contribution in [-0.2, 0) is 0 Å². The van der Waals surface area contributed by atoms with Crippen molar-refractivity contribution < 1.29 is 9.59 Å². The van der Waals surface area contributed by atoms with Gasteiger partial charge >= 0.3 is 6.03 Å². The number of hydrogen-bond donors (Lipinski definition) is 3. The van der Waals surface area contributed by atoms with Crippen LogP contribution in [0.5, 0.6) is 0 Å². The van der Waals surface area contributed by atoms with Crippen LogP contribution in [0.2, 0.25) is 0 Å². The van der Waals surface area contributed by atoms with E-state index in [4.69, 9.17) is 11.5 Å². The van der Waals surface area contributed by atoms with E-state index in [1.807, 2.05) is 0 Å². The average Bonchev–Trinajstić information content (AvgIpc) is 2.04. The molecule has 3 amide bonds. The van der Waals surface area contributed by atoms with Gasteiger partial charge in [-0.1, -0.05) is 0 Å². The average molecular weight is 179 g/mol. The summed E-state index contributed by atoms with van der Waals surface area (Å²) in [6.07, 6.45) is 0. The molecule has 0 unspecified atom stereocenters. The van der Waals surface area contributed by atoms with Crippen LogP contribution < -0.4 is 16.8 Å². The predicted octanol–water partition coefficient (Wildman–Crippen LogP) is 0.276. The van der Waals surface area contributed by atoms with Crippen molar-refractivity contribution in [3.63, 3.8) is 0 Å². The first-order valence-corrected chi connectivity index (χ1v) is 3.56. The summed E-state index contributed by atoms with van der Waals surface area (Å²) in [5.74, 6) is -0.509. The van der Waals surface area contributed by atoms with E-state index in [-0.39, 0.29) is 0 Å². The van der Waals surface area contributed by atoms with Gasteiger partial charge < -0.3 is 16.8 Å². The highest BCUT2D eigenvalue weighted by Crippen LogP contribution is 2.08. The molecule has 0 atom stereocenters. The fourth-order valence-electron chi connectivity index (χ4n) is 0.860. The smallest absolute Gasteiger partial charge is 0.316 e. The molecule has 0 aliphatic carbocycles. The number of hydrogen-bond acceptors (Lipinski definition) is 2. The first-order chi connectivity index (χ1) is 6.09. The van der Waals surface area contributed by atoms with E-state index in [1.54, 1.807) is 12.1 Å². The summed E-state index contributed by atoms with van der Waals surface area (Å²) in [7, 11) is 0. The number of carbonyl (C=O) groups is 2. The minimum absolute atomic E-state index is 0.384. The lowest BCUT2D eigenvalue weighted by Crippen LogP contribution is -2.19. The molecule has 1 aromatic rings. The molecule has 0 spiro atoms. The minimum atomic E-state index is -0.646. The van der Waals surface area contributed by atoms with Gasteiger partial charge in [-0.05, 0) is 24.3 Å². The van der Waals surface area contributed by atoms with E-state index in [9.17, 15) is 9.59 Å². The van der Waals surface area contributed by atoms with Gasteiger partial charge in [0.15, 0.2) is 0 Å². The highest BCUT2D eigenvalue weighted by Gasteiger charge is 1.99. The second-order valence-corrected chi connectivity index (χ2v) is 2.43. The molecule has 0 radical (unpaired) electrons. The Bertz CT molecular complexity index is 332. The van der Waals surface area contributed by atoms with Crippen LogP contribution in [-0.4, -0.2) is 11.9 Å². The summed E-state index contributed by atoms with van der Waals surface area (Å²) < 4.78 is 0. The molecule has 0 saturated carbocycles. The van der Waals surface area contributed by atoms with Gasteiger partial charge in [0.1, 0.15) is 0 Å². The third kappa shape index (κ3) is 2.48. The number of urea groups is 1. The molecule has 0 saturated heterocycles. The van der Waals surface area contributed by atoms with E-state index in [0.29, 0.717) is 11.3 Å². The molecular formula is C8H9N3O2. The molecule has 68 valence electrons. The third-order valence-electron chi connectivity index (χ3n) is 1.44. The molecule has 5 heteroatoms. The highest BCUT2D eigenvalue weighted by molar-refractivity contribution is 5.94. The summed E-state index contributed by atoms with van der Waals surface area (Å²) in [6, 6.07) is 5.46. The van der Waals surface area contributed by atoms with Crippen LogP contribution in [0.1, 0.15) is 10.4 Å². The van der Waals surface area contributed by atoms with Crippen molar-refractivity contribution >= 4 is 17.6 Å². The summed E-state index contributed by atoms with van der Waals surface area (Å²) in [4.78, 5) is 21.1. The standard InChI is InChI=1S/C8H9N3O2/c9-7(12)5-1-3-6(4-2-5)11-8(10)13/h1-4H,(H2,9,12)(H3,10,11,13). The molecule has 0 fully saturated rings. The Morgan fingerprint density at radius 1 is 1.08 bits per heavy atom. The lowest BCUT2D eigenvalue weighted by Gasteiger charge is -2.01. The molecule has 0 bridgehead atoms. The molecule has 5 nitrogen and oxygen atoms in total. The molecule has 0 aliphatic rings. The van der Waals surface area contributed by atoms with Crippen LogP contribution >= 0.6 is 0 Å². The van der Waals surface area contributed by atoms with E-state index in [2.05, 4.69) is 5.32 Å². The fraction of sp³-hybridized carbons (Fsp3) is 0. The number of primary amides is 2. The number of nitrogens with two attached hydrogens (primary N) is 2. The Kier molecular flexibility index (Phi) is 2.49. The maximum absolute atomic E-state index is 10.6. The normalized spacial score (nSPS) is 9.23. The number of rotatable bonds is 2. The Balaban J connectivity index is 2.81. The van der Waals surface area contributed by atoms with Gasteiger partial charge in [0.25, 0.3) is 0 Å². The van der Waals surface area contributed by atoms with Crippen LogP contribution in [0.15, 0.2) is 24.3 Å². The van der Waals surface area contributed by atoms with Crippen LogP contribution in [0.3, 0.4) is 0 Å². The molecule has 1 rings (SSSR count). The molecule has 0 heterocycles. The van der Waals surface area contributed by atoms with Crippen molar-refractivity contribution in [1.29, 1.82) is 0 Å². The van der Waals surface area contributed by atoms with Gasteiger partial charge in [-0.15, -0.1) is 0 Å². The van der Waals surface area contributed by atoms with E-state index < -0.39 is 11.9 Å². The van der Waals surface area contributed by atoms with Crippen molar-refractivity contribution in [3.8, 4) is 0 Å². The Labute approximate surface area is 74.7 Å². The topological polar surface area (TPSA) is 98.2 Å². The molecule has 13 heavy (non-hydrogen) atoms. The summed E-state index contributed by atoms with van der Waals surface area (Å²) in [5, 5.41) is 2.36. The molecule has 0 aliphatic heterocycles. The maximum Gasteiger partial charge on any atom is 0.316 e. The largest absolute Gasteiger partial charge is 0.366 e. The third-order valence-corrected chi connectivity index (χ3v) is 1.44. The van der Waals surface area contributed by atoms with Crippen molar-refractivity contribution in [2.45, 2.75) is 0 Å². The van der Waals surface area contributed by atoms with Crippen LogP contribution in [0.4, 0.5) is 10.5 Å². The number of benzene rings is 1. The molecular weight excluding hydrogens is 170 g/mol. The van der Waals surface area contributed by atoms with E-state index >= 15 is 0 Å². The highest BCUT2D eigenvalue weighted by atomic mass is 16.2. The number of nitrogens with one attached hydrogen (secondary N) is 1. The Morgan fingerprint density at radius 3 is 2.00 bits per heavy atom. The lowest BCUT2D eigenvalue weighted by molar-refractivity contribution is 0.100. The molecule has 0 aromatic heterocycles. The van der Waals surface area contributed by atoms with Crippen molar-refractivity contribution in [2.24, 2.45) is 11.5 Å². The van der Waals surface area contributed by atoms with Gasteiger partial charge in [-0.3, -0.25) is 4.79 Å². The Morgan fingerprint density at radius 2 is 1.62 bits per heavy atom. The van der Waals surface area contributed by atoms with Crippen molar-refractivity contribution in [3.05, 3.63) is 29.8 Å². The Hall–Kier alpha value is -2.04. The number of anilines is 1. The first kappa shape index (κ1) is 9.05. The monoisotopic (exact) mass is 179 g/mol. The first-order valence-electron chi connectivity index (χ1n) is 3.56. The van der Waals surface area contributed by atoms with E-state index in [0.717, 1.165) is 0 Å². The van der Waals surface area contributed by atoms with Gasteiger partial charge in [0.05, 0.1) is 0 Å². The van der Waals surface area contributed by atoms with E-state index in [1.165, 1.54) is 12.1 Å². The fourth-order valence-corrected chi connectivity index (χ4v) is 0.860. The SMILES string of the molecule is NC(=O)Nc1ccc(C(N)=O)cc1. The summed E-state index contributed by atoms with van der Waals surface area (Å²) in [5.41, 5.74) is 10.8. The molecule has 5 N–H and O–H groups in total. The quantitative estimate of drug-likeness (QED) is 0.607. The zero-order valence-corrected chi connectivity index (χ0v) is 6.78. The summed E-state index contributed by atoms with van der Waals surface area (Å²) in [6.45, 7) is 0. The van der Waals surface area contributed by atoms with Gasteiger partial charge in [0, 0.05) is 11.3 Å². The minimum Gasteiger partial charge on any atom is -0.366 e. The zero-order valence-electron chi connectivity index (χ0n) is 6.78. The number of carbonyl (C=O) groups excluding carboxylic acids is 2. The van der Waals surface area contributed by atoms with Gasteiger partial charge in [0.2, 0.25) is 5.91 Å². The number of amides is 3. The van der Waals surface area contributed by atoms with Gasteiger partial charge in [-0.25, -0.2) is 4.79 Å². The van der Waals surface area contributed by atoms with Gasteiger partial charge in [-0.2, -0.15) is 0 Å². The van der Waals surface area contributed by atoms with Crippen molar-refractivity contribution in [2.75, 3.05) is 5.32 Å². The second-order valence-electron chi connectivity index (χ2n) is 2.43. The second kappa shape index (κ2) is 3.57. The molecule has 1 aromatic carbocycles. The summed E-state index contributed by atoms with van der Waals surface area (Å²) >= 11 is 0. The van der Waals surface area contributed by atoms with Crippen LogP contribution in [0.25, 0.3) is 0 Å². The lowest BCUT2D eigenvalue weighted by atomic mass is 10.2. The zero-order chi connectivity index (χ0) is 9.84. The maximum atomic E-state index is 10.6. The van der Waals surface area contributed by atoms with Crippen LogP contribution in [0, 0.1) is 0 Å². The van der Waals surface area contributed by atoms with Crippen molar-refractivity contribution in [1.82, 2.24) is 0 Å². The predicted molar refractivity (Wildman–Crippen MR) is 48.2 cm³/mol.